The first kappa shape index (κ1) is 23.2. The minimum absolute atomic E-state index is 0.00918. The van der Waals surface area contributed by atoms with Crippen LogP contribution in [0, 0.1) is 12.8 Å². The van der Waals surface area contributed by atoms with Crippen LogP contribution in [0.25, 0.3) is 0 Å². The maximum Gasteiger partial charge on any atom is 0.490 e. The number of likely N-dealkylation sites (tertiary alicyclic amines) is 1. The molecule has 0 saturated carbocycles. The zero-order chi connectivity index (χ0) is 21.8. The van der Waals surface area contributed by atoms with Crippen LogP contribution >= 0.6 is 0 Å². The molecule has 0 radical (unpaired) electrons. The Morgan fingerprint density at radius 1 is 1.31 bits per heavy atom. The van der Waals surface area contributed by atoms with E-state index in [2.05, 4.69) is 41.4 Å². The van der Waals surface area contributed by atoms with Crippen LogP contribution in [-0.2, 0) is 20.9 Å². The van der Waals surface area contributed by atoms with E-state index in [0.29, 0.717) is 0 Å². The molecule has 2 N–H and O–H groups in total. The summed E-state index contributed by atoms with van der Waals surface area (Å²) in [6.07, 6.45) is -3.98. The van der Waals surface area contributed by atoms with Gasteiger partial charge < -0.3 is 15.2 Å². The number of nitrogens with zero attached hydrogens (tertiary/aromatic N) is 1. The lowest BCUT2D eigenvalue weighted by molar-refractivity contribution is -0.192. The van der Waals surface area contributed by atoms with Crippen LogP contribution < -0.4 is 5.32 Å². The Kier molecular flexibility index (Phi) is 7.65. The van der Waals surface area contributed by atoms with Crippen molar-refractivity contribution in [2.24, 2.45) is 5.92 Å². The van der Waals surface area contributed by atoms with E-state index in [9.17, 15) is 18.0 Å². The summed E-state index contributed by atoms with van der Waals surface area (Å²) >= 11 is 0. The number of aryl methyl sites for hydroxylation is 1. The van der Waals surface area contributed by atoms with Crippen LogP contribution in [0.3, 0.4) is 0 Å². The number of hydrogen-bond donors (Lipinski definition) is 2. The highest BCUT2D eigenvalue weighted by atomic mass is 19.4. The Morgan fingerprint density at radius 3 is 2.52 bits per heavy atom. The average molecular weight is 416 g/mol. The quantitative estimate of drug-likeness (QED) is 0.789. The highest BCUT2D eigenvalue weighted by Crippen LogP contribution is 2.32. The third kappa shape index (κ3) is 7.01. The Morgan fingerprint density at radius 2 is 1.97 bits per heavy atom. The molecule has 1 aromatic rings. The zero-order valence-electron chi connectivity index (χ0n) is 16.7. The van der Waals surface area contributed by atoms with Gasteiger partial charge in [0.15, 0.2) is 0 Å². The van der Waals surface area contributed by atoms with E-state index in [4.69, 9.17) is 14.6 Å². The van der Waals surface area contributed by atoms with Crippen molar-refractivity contribution in [3.05, 3.63) is 35.4 Å². The molecule has 2 saturated heterocycles. The molecule has 29 heavy (non-hydrogen) atoms. The number of nitrogens with one attached hydrogen (secondary N) is 1. The molecule has 2 aliphatic heterocycles. The molecular formula is C20H27F3N2O4. The number of amides is 1. The Hall–Kier alpha value is -2.13. The summed E-state index contributed by atoms with van der Waals surface area (Å²) in [6, 6.07) is 8.83. The standard InChI is InChI=1S/C18H26N2O2.C2HF3O2/c1-12(2)19-18(21)16-8-15-10-20(11-17(16)22-15)9-14-6-4-5-13(3)7-14;3-2(4,5)1(6)7/h4-7,12,15-17H,8-11H2,1-3H3,(H,19,21);(H,6,7)/t15-,16+,17-;/m1./s1. The molecule has 162 valence electrons. The van der Waals surface area contributed by atoms with Crippen LogP contribution in [0.4, 0.5) is 13.2 Å². The number of alkyl halides is 3. The van der Waals surface area contributed by atoms with Gasteiger partial charge in [-0.05, 0) is 32.8 Å². The number of fused-ring (bicyclic) bond motifs is 2. The van der Waals surface area contributed by atoms with Gasteiger partial charge in [0.25, 0.3) is 0 Å². The van der Waals surface area contributed by atoms with Crippen molar-refractivity contribution in [1.29, 1.82) is 0 Å². The van der Waals surface area contributed by atoms with Gasteiger partial charge in [0.05, 0.1) is 18.1 Å². The number of carbonyl (C=O) groups excluding carboxylic acids is 1. The highest BCUT2D eigenvalue weighted by molar-refractivity contribution is 5.80. The monoisotopic (exact) mass is 416 g/mol. The number of benzene rings is 1. The first-order chi connectivity index (χ1) is 13.5. The van der Waals surface area contributed by atoms with Crippen molar-refractivity contribution in [1.82, 2.24) is 10.2 Å². The molecule has 0 aliphatic carbocycles. The van der Waals surface area contributed by atoms with Crippen LogP contribution in [0.2, 0.25) is 0 Å². The molecule has 3 atom stereocenters. The SMILES string of the molecule is Cc1cccc(CN2C[C@H]3C[C@H](C(=O)NC(C)C)[C@@H](C2)O3)c1.O=C(O)C(F)(F)F. The second kappa shape index (κ2) is 9.58. The summed E-state index contributed by atoms with van der Waals surface area (Å²) in [4.78, 5) is 23.6. The molecule has 0 spiro atoms. The third-order valence-corrected chi connectivity index (χ3v) is 4.73. The van der Waals surface area contributed by atoms with E-state index in [-0.39, 0.29) is 30.1 Å². The number of aliphatic carboxylic acids is 1. The lowest BCUT2D eigenvalue weighted by Gasteiger charge is -2.32. The Balaban J connectivity index is 0.000000370. The number of ether oxygens (including phenoxy) is 1. The predicted molar refractivity (Wildman–Crippen MR) is 100 cm³/mol. The van der Waals surface area contributed by atoms with Crippen molar-refractivity contribution in [2.75, 3.05) is 13.1 Å². The molecule has 2 bridgehead atoms. The number of carboxylic acids is 1. The van der Waals surface area contributed by atoms with Gasteiger partial charge in [0, 0.05) is 25.7 Å². The molecule has 0 unspecified atom stereocenters. The Labute approximate surface area is 168 Å². The fourth-order valence-electron chi connectivity index (χ4n) is 3.60. The molecular weight excluding hydrogens is 389 g/mol. The summed E-state index contributed by atoms with van der Waals surface area (Å²) in [5.74, 6) is -2.60. The van der Waals surface area contributed by atoms with Crippen molar-refractivity contribution in [3.8, 4) is 0 Å². The number of morpholine rings is 1. The normalized spacial score (nSPS) is 24.0. The molecule has 2 aliphatic rings. The van der Waals surface area contributed by atoms with E-state index in [1.807, 2.05) is 13.8 Å². The summed E-state index contributed by atoms with van der Waals surface area (Å²) in [5, 5.41) is 10.2. The van der Waals surface area contributed by atoms with Crippen molar-refractivity contribution in [2.45, 2.75) is 58.2 Å². The molecule has 2 fully saturated rings. The summed E-state index contributed by atoms with van der Waals surface area (Å²) in [6.45, 7) is 8.85. The van der Waals surface area contributed by atoms with Crippen molar-refractivity contribution < 1.29 is 32.6 Å². The second-order valence-electron chi connectivity index (χ2n) is 7.79. The second-order valence-corrected chi connectivity index (χ2v) is 7.79. The van der Waals surface area contributed by atoms with Gasteiger partial charge in [0.1, 0.15) is 0 Å². The van der Waals surface area contributed by atoms with Crippen molar-refractivity contribution >= 4 is 11.9 Å². The van der Waals surface area contributed by atoms with Gasteiger partial charge in [-0.25, -0.2) is 4.79 Å². The maximum absolute atomic E-state index is 12.3. The maximum atomic E-state index is 12.3. The number of hydrogen-bond acceptors (Lipinski definition) is 4. The highest BCUT2D eigenvalue weighted by Gasteiger charge is 2.44. The zero-order valence-corrected chi connectivity index (χ0v) is 16.7. The summed E-state index contributed by atoms with van der Waals surface area (Å²) in [5.41, 5.74) is 2.63. The summed E-state index contributed by atoms with van der Waals surface area (Å²) < 4.78 is 37.7. The van der Waals surface area contributed by atoms with Gasteiger partial charge in [-0.2, -0.15) is 13.2 Å². The van der Waals surface area contributed by atoms with E-state index >= 15 is 0 Å². The molecule has 2 heterocycles. The fraction of sp³-hybridized carbons (Fsp3) is 0.600. The number of halogens is 3. The summed E-state index contributed by atoms with van der Waals surface area (Å²) in [7, 11) is 0. The largest absolute Gasteiger partial charge is 0.490 e. The first-order valence-corrected chi connectivity index (χ1v) is 9.49. The van der Waals surface area contributed by atoms with Gasteiger partial charge in [0.2, 0.25) is 5.91 Å². The molecule has 1 aromatic carbocycles. The third-order valence-electron chi connectivity index (χ3n) is 4.73. The Bertz CT molecular complexity index is 724. The van der Waals surface area contributed by atoms with E-state index < -0.39 is 12.1 Å². The number of rotatable bonds is 4. The molecule has 3 rings (SSSR count). The van der Waals surface area contributed by atoms with Crippen LogP contribution in [0.5, 0.6) is 0 Å². The molecule has 9 heteroatoms. The van der Waals surface area contributed by atoms with Gasteiger partial charge in [-0.3, -0.25) is 9.69 Å². The molecule has 1 amide bonds. The fourth-order valence-corrected chi connectivity index (χ4v) is 3.60. The predicted octanol–water partition coefficient (Wildman–Crippen LogP) is 2.74. The lowest BCUT2D eigenvalue weighted by Crippen LogP contribution is -2.45. The minimum atomic E-state index is -5.08. The first-order valence-electron chi connectivity index (χ1n) is 9.49. The van der Waals surface area contributed by atoms with E-state index in [1.54, 1.807) is 0 Å². The smallest absolute Gasteiger partial charge is 0.475 e. The average Bonchev–Trinajstić information content (AvgIpc) is 2.88. The number of carbonyl (C=O) groups is 2. The minimum Gasteiger partial charge on any atom is -0.475 e. The van der Waals surface area contributed by atoms with Crippen LogP contribution in [0.1, 0.15) is 31.4 Å². The topological polar surface area (TPSA) is 78.9 Å². The van der Waals surface area contributed by atoms with Crippen LogP contribution in [-0.4, -0.2) is 59.4 Å². The van der Waals surface area contributed by atoms with Crippen LogP contribution in [0.15, 0.2) is 24.3 Å². The van der Waals surface area contributed by atoms with Gasteiger partial charge >= 0.3 is 12.1 Å². The lowest BCUT2D eigenvalue weighted by atomic mass is 9.99. The molecule has 0 aromatic heterocycles. The number of carboxylic acid groups (broad SMARTS) is 1. The van der Waals surface area contributed by atoms with E-state index in [1.165, 1.54) is 11.1 Å². The van der Waals surface area contributed by atoms with E-state index in [0.717, 1.165) is 26.1 Å². The van der Waals surface area contributed by atoms with Gasteiger partial charge in [-0.15, -0.1) is 0 Å². The molecule has 6 nitrogen and oxygen atoms in total. The van der Waals surface area contributed by atoms with Crippen molar-refractivity contribution in [3.63, 3.8) is 0 Å². The van der Waals surface area contributed by atoms with Gasteiger partial charge in [-0.1, -0.05) is 29.8 Å².